The molecule has 0 bridgehead atoms. The first-order valence-electron chi connectivity index (χ1n) is 7.36. The van der Waals surface area contributed by atoms with Gasteiger partial charge in [-0.15, -0.1) is 11.3 Å². The van der Waals surface area contributed by atoms with Crippen molar-refractivity contribution < 1.29 is 4.39 Å². The van der Waals surface area contributed by atoms with Crippen molar-refractivity contribution in [2.24, 2.45) is 0 Å². The fourth-order valence-corrected chi connectivity index (χ4v) is 3.22. The molecule has 4 heteroatoms. The van der Waals surface area contributed by atoms with E-state index in [1.54, 1.807) is 17.4 Å². The maximum atomic E-state index is 14.1. The number of nitrogens with one attached hydrogen (secondary N) is 1. The zero-order valence-corrected chi connectivity index (χ0v) is 13.7. The van der Waals surface area contributed by atoms with Gasteiger partial charge in [-0.05, 0) is 37.0 Å². The second kappa shape index (κ2) is 7.57. The van der Waals surface area contributed by atoms with Gasteiger partial charge in [-0.2, -0.15) is 0 Å². The molecular weight excluding hydrogens is 283 g/mol. The Bertz CT molecular complexity index is 554. The Labute approximate surface area is 130 Å². The summed E-state index contributed by atoms with van der Waals surface area (Å²) < 4.78 is 14.1. The van der Waals surface area contributed by atoms with E-state index in [-0.39, 0.29) is 5.82 Å². The molecule has 0 saturated carbocycles. The Balaban J connectivity index is 2.17. The number of nitrogens with zero attached hydrogens (tertiary/aromatic N) is 1. The summed E-state index contributed by atoms with van der Waals surface area (Å²) in [4.78, 5) is 3.54. The fourth-order valence-electron chi connectivity index (χ4n) is 2.40. The number of hydrogen-bond donors (Lipinski definition) is 1. The topological polar surface area (TPSA) is 15.3 Å². The molecule has 0 spiro atoms. The lowest BCUT2D eigenvalue weighted by atomic mass is 10.1. The highest BCUT2D eigenvalue weighted by molar-refractivity contribution is 7.09. The van der Waals surface area contributed by atoms with E-state index in [2.05, 4.69) is 34.7 Å². The monoisotopic (exact) mass is 306 g/mol. The summed E-state index contributed by atoms with van der Waals surface area (Å²) in [5.74, 6) is -0.136. The average Bonchev–Trinajstić information content (AvgIpc) is 2.98. The maximum Gasteiger partial charge on any atom is 0.129 e. The molecule has 1 atom stereocenters. The zero-order chi connectivity index (χ0) is 15.2. The third-order valence-electron chi connectivity index (χ3n) is 3.76. The van der Waals surface area contributed by atoms with Gasteiger partial charge in [-0.3, -0.25) is 0 Å². The molecule has 1 unspecified atom stereocenters. The van der Waals surface area contributed by atoms with Crippen LogP contribution >= 0.6 is 11.3 Å². The second-order valence-electron chi connectivity index (χ2n) is 5.26. The van der Waals surface area contributed by atoms with Gasteiger partial charge < -0.3 is 10.2 Å². The molecular formula is C17H23FN2S. The van der Waals surface area contributed by atoms with Crippen LogP contribution in [0.25, 0.3) is 0 Å². The first-order chi connectivity index (χ1) is 10.1. The SMILES string of the molecule is CCNCc1c(F)cccc1N(C)C(C)Cc1cccs1. The van der Waals surface area contributed by atoms with E-state index in [0.717, 1.165) is 24.2 Å². The number of thiophene rings is 1. The first kappa shape index (κ1) is 16.0. The molecule has 114 valence electrons. The van der Waals surface area contributed by atoms with Crippen LogP contribution in [-0.4, -0.2) is 19.6 Å². The van der Waals surface area contributed by atoms with E-state index in [9.17, 15) is 4.39 Å². The van der Waals surface area contributed by atoms with E-state index in [1.807, 2.05) is 20.0 Å². The predicted octanol–water partition coefficient (Wildman–Crippen LogP) is 4.06. The first-order valence-corrected chi connectivity index (χ1v) is 8.24. The van der Waals surface area contributed by atoms with Crippen molar-refractivity contribution >= 4 is 17.0 Å². The molecule has 2 rings (SSSR count). The highest BCUT2D eigenvalue weighted by atomic mass is 32.1. The van der Waals surface area contributed by atoms with E-state index in [1.165, 1.54) is 10.9 Å². The summed E-state index contributed by atoms with van der Waals surface area (Å²) >= 11 is 1.77. The van der Waals surface area contributed by atoms with Crippen molar-refractivity contribution in [2.45, 2.75) is 32.9 Å². The lowest BCUT2D eigenvalue weighted by molar-refractivity contribution is 0.588. The maximum absolute atomic E-state index is 14.1. The molecule has 2 nitrogen and oxygen atoms in total. The Hall–Kier alpha value is -1.39. The molecule has 1 heterocycles. The molecule has 1 N–H and O–H groups in total. The van der Waals surface area contributed by atoms with Gasteiger partial charge in [0.05, 0.1) is 0 Å². The summed E-state index contributed by atoms with van der Waals surface area (Å²) in [5.41, 5.74) is 1.72. The quantitative estimate of drug-likeness (QED) is 0.829. The van der Waals surface area contributed by atoms with Gasteiger partial charge in [0.25, 0.3) is 0 Å². The minimum absolute atomic E-state index is 0.136. The van der Waals surface area contributed by atoms with Crippen molar-refractivity contribution in [3.05, 3.63) is 52.0 Å². The Morgan fingerprint density at radius 2 is 2.10 bits per heavy atom. The summed E-state index contributed by atoms with van der Waals surface area (Å²) in [6, 6.07) is 9.88. The molecule has 0 fully saturated rings. The minimum atomic E-state index is -0.136. The van der Waals surface area contributed by atoms with Crippen molar-refractivity contribution in [2.75, 3.05) is 18.5 Å². The third-order valence-corrected chi connectivity index (χ3v) is 4.66. The van der Waals surface area contributed by atoms with Gasteiger partial charge >= 0.3 is 0 Å². The van der Waals surface area contributed by atoms with Gasteiger partial charge in [-0.1, -0.05) is 19.1 Å². The lowest BCUT2D eigenvalue weighted by Gasteiger charge is -2.29. The van der Waals surface area contributed by atoms with Crippen LogP contribution in [0, 0.1) is 5.82 Å². The number of benzene rings is 1. The van der Waals surface area contributed by atoms with E-state index in [0.29, 0.717) is 12.6 Å². The molecule has 21 heavy (non-hydrogen) atoms. The number of anilines is 1. The van der Waals surface area contributed by atoms with Crippen LogP contribution in [0.15, 0.2) is 35.7 Å². The van der Waals surface area contributed by atoms with Crippen LogP contribution in [0.4, 0.5) is 10.1 Å². The molecule has 0 aliphatic carbocycles. The normalized spacial score (nSPS) is 12.4. The van der Waals surface area contributed by atoms with Crippen molar-refractivity contribution in [1.82, 2.24) is 5.32 Å². The second-order valence-corrected chi connectivity index (χ2v) is 6.29. The predicted molar refractivity (Wildman–Crippen MR) is 89.7 cm³/mol. The summed E-state index contributed by atoms with van der Waals surface area (Å²) in [6.07, 6.45) is 0.978. The molecule has 2 aromatic rings. The van der Waals surface area contributed by atoms with Crippen molar-refractivity contribution in [1.29, 1.82) is 0 Å². The molecule has 1 aromatic carbocycles. The van der Waals surface area contributed by atoms with Gasteiger partial charge in [0.1, 0.15) is 5.82 Å². The molecule has 0 aliphatic heterocycles. The smallest absolute Gasteiger partial charge is 0.129 e. The van der Waals surface area contributed by atoms with Crippen LogP contribution in [0.3, 0.4) is 0 Å². The lowest BCUT2D eigenvalue weighted by Crippen LogP contribution is -2.32. The fraction of sp³-hybridized carbons (Fsp3) is 0.412. The highest BCUT2D eigenvalue weighted by Gasteiger charge is 2.16. The van der Waals surface area contributed by atoms with Crippen LogP contribution in [0.5, 0.6) is 0 Å². The number of hydrogen-bond acceptors (Lipinski definition) is 3. The molecule has 0 radical (unpaired) electrons. The largest absolute Gasteiger partial charge is 0.371 e. The summed E-state index contributed by atoms with van der Waals surface area (Å²) in [7, 11) is 2.04. The van der Waals surface area contributed by atoms with Gasteiger partial charge in [0.15, 0.2) is 0 Å². The zero-order valence-electron chi connectivity index (χ0n) is 12.9. The van der Waals surface area contributed by atoms with Crippen LogP contribution in [-0.2, 0) is 13.0 Å². The van der Waals surface area contributed by atoms with Crippen LogP contribution < -0.4 is 10.2 Å². The molecule has 0 saturated heterocycles. The number of likely N-dealkylation sites (N-methyl/N-ethyl adjacent to an activating group) is 1. The average molecular weight is 306 g/mol. The van der Waals surface area contributed by atoms with Gasteiger partial charge in [0, 0.05) is 42.2 Å². The third kappa shape index (κ3) is 4.05. The molecule has 0 amide bonds. The number of halogens is 1. The minimum Gasteiger partial charge on any atom is -0.371 e. The van der Waals surface area contributed by atoms with Crippen molar-refractivity contribution in [3.8, 4) is 0 Å². The highest BCUT2D eigenvalue weighted by Crippen LogP contribution is 2.25. The molecule has 0 aliphatic rings. The number of rotatable bonds is 7. The van der Waals surface area contributed by atoms with Crippen LogP contribution in [0.2, 0.25) is 0 Å². The van der Waals surface area contributed by atoms with E-state index < -0.39 is 0 Å². The summed E-state index contributed by atoms with van der Waals surface area (Å²) in [6.45, 7) is 5.61. The Morgan fingerprint density at radius 3 is 2.76 bits per heavy atom. The van der Waals surface area contributed by atoms with Crippen LogP contribution in [0.1, 0.15) is 24.3 Å². The summed E-state index contributed by atoms with van der Waals surface area (Å²) in [5, 5.41) is 5.32. The van der Waals surface area contributed by atoms with Gasteiger partial charge in [-0.25, -0.2) is 4.39 Å². The molecule has 1 aromatic heterocycles. The Morgan fingerprint density at radius 1 is 1.29 bits per heavy atom. The van der Waals surface area contributed by atoms with Crippen molar-refractivity contribution in [3.63, 3.8) is 0 Å². The van der Waals surface area contributed by atoms with Gasteiger partial charge in [0.2, 0.25) is 0 Å². The standard InChI is InChI=1S/C17H23FN2S/c1-4-19-12-15-16(18)8-5-9-17(15)20(3)13(2)11-14-7-6-10-21-14/h5-10,13,19H,4,11-12H2,1-3H3. The van der Waals surface area contributed by atoms with E-state index in [4.69, 9.17) is 0 Å². The Kier molecular flexibility index (Phi) is 5.76. The van der Waals surface area contributed by atoms with E-state index >= 15 is 0 Å².